The first-order valence-electron chi connectivity index (χ1n) is 12.9. The van der Waals surface area contributed by atoms with Crippen LogP contribution in [0.3, 0.4) is 0 Å². The molecule has 0 spiro atoms. The number of rotatable bonds is 8. The van der Waals surface area contributed by atoms with Crippen molar-refractivity contribution >= 4 is 0 Å². The summed E-state index contributed by atoms with van der Waals surface area (Å²) in [5.41, 5.74) is 3.32. The summed E-state index contributed by atoms with van der Waals surface area (Å²) in [6.45, 7) is 10.8. The van der Waals surface area contributed by atoms with E-state index in [0.717, 1.165) is 5.56 Å². The summed E-state index contributed by atoms with van der Waals surface area (Å²) in [6, 6.07) is 31.5. The van der Waals surface area contributed by atoms with Crippen LogP contribution in [0.15, 0.2) is 91.0 Å². The van der Waals surface area contributed by atoms with E-state index in [2.05, 4.69) is 98.2 Å². The van der Waals surface area contributed by atoms with Crippen molar-refractivity contribution in [2.45, 2.75) is 77.2 Å². The van der Waals surface area contributed by atoms with Crippen molar-refractivity contribution in [3.05, 3.63) is 108 Å². The second kappa shape index (κ2) is 11.0. The molecule has 1 fully saturated rings. The molecule has 3 aromatic carbocycles. The van der Waals surface area contributed by atoms with Gasteiger partial charge in [0.05, 0.1) is 30.5 Å². The van der Waals surface area contributed by atoms with Gasteiger partial charge < -0.3 is 10.2 Å². The first-order valence-corrected chi connectivity index (χ1v) is 12.9. The summed E-state index contributed by atoms with van der Waals surface area (Å²) in [5.74, 6) is -0.351. The predicted octanol–water partition coefficient (Wildman–Crippen LogP) is 5.96. The minimum Gasteiger partial charge on any atom is -0.390 e. The van der Waals surface area contributed by atoms with Gasteiger partial charge in [-0.15, -0.1) is 0 Å². The van der Waals surface area contributed by atoms with Crippen LogP contribution in [0, 0.1) is 5.92 Å². The first kappa shape index (κ1) is 25.6. The molecule has 0 amide bonds. The number of aliphatic hydroxyl groups is 2. The Morgan fingerprint density at radius 2 is 0.943 bits per heavy atom. The van der Waals surface area contributed by atoms with Crippen molar-refractivity contribution in [1.29, 1.82) is 0 Å². The summed E-state index contributed by atoms with van der Waals surface area (Å²) in [4.78, 5) is 4.93. The molecule has 4 heteroatoms. The topological polar surface area (TPSA) is 46.9 Å². The van der Waals surface area contributed by atoms with Crippen LogP contribution >= 0.6 is 0 Å². The molecule has 4 rings (SSSR count). The lowest BCUT2D eigenvalue weighted by molar-refractivity contribution is -0.0811. The number of hydrogen-bond donors (Lipinski definition) is 2. The van der Waals surface area contributed by atoms with Gasteiger partial charge in [0, 0.05) is 18.0 Å². The Balaban J connectivity index is 1.82. The van der Waals surface area contributed by atoms with Crippen LogP contribution in [0.4, 0.5) is 0 Å². The fraction of sp³-hybridized carbons (Fsp3) is 0.419. The Labute approximate surface area is 210 Å². The summed E-state index contributed by atoms with van der Waals surface area (Å²) >= 11 is 0. The Bertz CT molecular complexity index is 984. The Morgan fingerprint density at radius 3 is 1.31 bits per heavy atom. The molecule has 4 nitrogen and oxygen atoms in total. The maximum Gasteiger partial charge on any atom is 0.0909 e. The smallest absolute Gasteiger partial charge is 0.0909 e. The van der Waals surface area contributed by atoms with E-state index in [4.69, 9.17) is 0 Å². The Morgan fingerprint density at radius 1 is 0.571 bits per heavy atom. The average molecular weight is 473 g/mol. The summed E-state index contributed by atoms with van der Waals surface area (Å²) in [7, 11) is 0. The lowest BCUT2D eigenvalue weighted by Crippen LogP contribution is -2.54. The van der Waals surface area contributed by atoms with E-state index in [9.17, 15) is 10.2 Å². The van der Waals surface area contributed by atoms with Crippen LogP contribution in [-0.2, 0) is 0 Å². The molecule has 1 saturated heterocycles. The van der Waals surface area contributed by atoms with Gasteiger partial charge in [-0.25, -0.2) is 0 Å². The second-order valence-electron chi connectivity index (χ2n) is 10.4. The van der Waals surface area contributed by atoms with Gasteiger partial charge in [0.15, 0.2) is 0 Å². The normalized spacial score (nSPS) is 22.5. The molecule has 0 aromatic heterocycles. The quantitative estimate of drug-likeness (QED) is 0.425. The minimum absolute atomic E-state index is 0.0710. The first-order chi connectivity index (χ1) is 16.8. The Hall–Kier alpha value is -2.50. The number of nitrogens with zero attached hydrogens (tertiary/aromatic N) is 2. The fourth-order valence-electron chi connectivity index (χ4n) is 5.84. The molecule has 0 aliphatic carbocycles. The third-order valence-electron chi connectivity index (χ3n) is 7.51. The largest absolute Gasteiger partial charge is 0.390 e. The van der Waals surface area contributed by atoms with E-state index in [-0.39, 0.29) is 36.3 Å². The van der Waals surface area contributed by atoms with Gasteiger partial charge >= 0.3 is 0 Å². The third-order valence-corrected chi connectivity index (χ3v) is 7.51. The van der Waals surface area contributed by atoms with Gasteiger partial charge in [0.25, 0.3) is 0 Å². The molecule has 0 bridgehead atoms. The zero-order valence-corrected chi connectivity index (χ0v) is 21.6. The van der Waals surface area contributed by atoms with Gasteiger partial charge in [-0.2, -0.15) is 0 Å². The van der Waals surface area contributed by atoms with Crippen molar-refractivity contribution in [1.82, 2.24) is 9.80 Å². The molecule has 5 atom stereocenters. The summed E-state index contributed by atoms with van der Waals surface area (Å²) < 4.78 is 0. The van der Waals surface area contributed by atoms with Crippen LogP contribution < -0.4 is 0 Å². The molecule has 1 aliphatic heterocycles. The molecule has 0 radical (unpaired) electrons. The average Bonchev–Trinajstić information content (AvgIpc) is 3.26. The lowest BCUT2D eigenvalue weighted by Gasteiger charge is -2.42. The molecular weight excluding hydrogens is 432 g/mol. The van der Waals surface area contributed by atoms with Crippen LogP contribution in [0.1, 0.15) is 69.5 Å². The number of aliphatic hydroxyl groups excluding tert-OH is 2. The van der Waals surface area contributed by atoms with Crippen molar-refractivity contribution in [2.24, 2.45) is 5.92 Å². The monoisotopic (exact) mass is 472 g/mol. The predicted molar refractivity (Wildman–Crippen MR) is 143 cm³/mol. The van der Waals surface area contributed by atoms with Crippen LogP contribution in [-0.4, -0.2) is 44.4 Å². The van der Waals surface area contributed by atoms with Crippen molar-refractivity contribution in [3.63, 3.8) is 0 Å². The fourth-order valence-corrected chi connectivity index (χ4v) is 5.84. The lowest BCUT2D eigenvalue weighted by atomic mass is 9.90. The molecule has 1 aliphatic rings. The highest BCUT2D eigenvalue weighted by molar-refractivity contribution is 5.31. The highest BCUT2D eigenvalue weighted by atomic mass is 16.3. The van der Waals surface area contributed by atoms with Crippen molar-refractivity contribution in [2.75, 3.05) is 0 Å². The summed E-state index contributed by atoms with van der Waals surface area (Å²) in [6.07, 6.45) is -1.76. The SMILES string of the molecule is CC(C)N1C([C@H](O)[C@H](C)[C@H](O)c2ccccc2)N(C(C)C)[C@H](c2ccccc2)[C@H]1c1ccccc1. The molecule has 1 heterocycles. The van der Waals surface area contributed by atoms with E-state index >= 15 is 0 Å². The van der Waals surface area contributed by atoms with Crippen molar-refractivity contribution < 1.29 is 10.2 Å². The van der Waals surface area contributed by atoms with E-state index in [1.807, 2.05) is 37.3 Å². The number of hydrogen-bond acceptors (Lipinski definition) is 4. The zero-order chi connectivity index (χ0) is 25.1. The van der Waals surface area contributed by atoms with Gasteiger partial charge in [0.1, 0.15) is 0 Å². The van der Waals surface area contributed by atoms with Gasteiger partial charge in [-0.3, -0.25) is 9.80 Å². The van der Waals surface area contributed by atoms with Gasteiger partial charge in [-0.1, -0.05) is 97.9 Å². The molecule has 35 heavy (non-hydrogen) atoms. The molecule has 186 valence electrons. The molecule has 3 aromatic rings. The molecule has 0 unspecified atom stereocenters. The minimum atomic E-state index is -0.755. The molecular formula is C31H40N2O2. The van der Waals surface area contributed by atoms with Gasteiger partial charge in [-0.05, 0) is 44.4 Å². The highest BCUT2D eigenvalue weighted by Crippen LogP contribution is 2.51. The van der Waals surface area contributed by atoms with E-state index in [0.29, 0.717) is 0 Å². The number of benzene rings is 3. The van der Waals surface area contributed by atoms with E-state index < -0.39 is 12.2 Å². The third kappa shape index (κ3) is 5.07. The van der Waals surface area contributed by atoms with Crippen LogP contribution in [0.25, 0.3) is 0 Å². The molecule has 0 saturated carbocycles. The zero-order valence-electron chi connectivity index (χ0n) is 21.6. The Kier molecular flexibility index (Phi) is 8.08. The van der Waals surface area contributed by atoms with E-state index in [1.54, 1.807) is 0 Å². The highest BCUT2D eigenvalue weighted by Gasteiger charge is 2.53. The molecule has 2 N–H and O–H groups in total. The second-order valence-corrected chi connectivity index (χ2v) is 10.4. The maximum atomic E-state index is 12.0. The van der Waals surface area contributed by atoms with Crippen LogP contribution in [0.5, 0.6) is 0 Å². The van der Waals surface area contributed by atoms with Crippen molar-refractivity contribution in [3.8, 4) is 0 Å². The standard InChI is InChI=1S/C31H40N2O2/c1-21(2)32-27(24-15-9-6-10-16-24)28(25-17-11-7-12-18-25)33(22(3)4)31(32)30(35)23(5)29(34)26-19-13-8-14-20-26/h6-23,27-31,34-35H,1-5H3/t23-,27-,28-,29+,30-/m1/s1. The van der Waals surface area contributed by atoms with Gasteiger partial charge in [0.2, 0.25) is 0 Å². The van der Waals surface area contributed by atoms with Crippen LogP contribution in [0.2, 0.25) is 0 Å². The van der Waals surface area contributed by atoms with E-state index in [1.165, 1.54) is 11.1 Å². The maximum absolute atomic E-state index is 12.0. The summed E-state index contributed by atoms with van der Waals surface area (Å²) in [5, 5.41) is 23.2.